The van der Waals surface area contributed by atoms with Crippen molar-refractivity contribution in [1.82, 2.24) is 5.32 Å². The van der Waals surface area contributed by atoms with Crippen molar-refractivity contribution < 1.29 is 5.11 Å². The molecule has 1 saturated carbocycles. The second-order valence-corrected chi connectivity index (χ2v) is 7.57. The van der Waals surface area contributed by atoms with E-state index in [1.165, 1.54) is 0 Å². The quantitative estimate of drug-likeness (QED) is 0.755. The lowest BCUT2D eigenvalue weighted by molar-refractivity contribution is 0.117. The Labute approximate surface area is 166 Å². The van der Waals surface area contributed by atoms with Crippen molar-refractivity contribution in [2.75, 3.05) is 18.0 Å². The maximum atomic E-state index is 9.65. The Hall–Kier alpha value is -2.06. The number of rotatable bonds is 7. The van der Waals surface area contributed by atoms with Crippen molar-refractivity contribution in [3.05, 3.63) is 64.7 Å². The van der Waals surface area contributed by atoms with E-state index in [0.717, 1.165) is 50.0 Å². The number of anilines is 1. The molecule has 142 valence electrons. The van der Waals surface area contributed by atoms with Gasteiger partial charge in [0, 0.05) is 36.4 Å². The first-order valence-electron chi connectivity index (χ1n) is 9.55. The molecule has 0 spiro atoms. The van der Waals surface area contributed by atoms with Gasteiger partial charge in [0.15, 0.2) is 0 Å². The van der Waals surface area contributed by atoms with E-state index in [2.05, 4.69) is 28.4 Å². The van der Waals surface area contributed by atoms with Gasteiger partial charge in [-0.05, 0) is 61.6 Å². The van der Waals surface area contributed by atoms with Gasteiger partial charge < -0.3 is 15.3 Å². The molecule has 0 saturated heterocycles. The Kier molecular flexibility index (Phi) is 7.11. The summed E-state index contributed by atoms with van der Waals surface area (Å²) in [6.07, 6.45) is 3.69. The lowest BCUT2D eigenvalue weighted by atomic mass is 9.93. The fourth-order valence-corrected chi connectivity index (χ4v) is 3.82. The summed E-state index contributed by atoms with van der Waals surface area (Å²) in [5, 5.41) is 23.3. The van der Waals surface area contributed by atoms with Crippen molar-refractivity contribution in [2.45, 2.75) is 44.4 Å². The Morgan fingerprint density at radius 1 is 1.11 bits per heavy atom. The highest BCUT2D eigenvalue weighted by molar-refractivity contribution is 6.30. The molecule has 4 nitrogen and oxygen atoms in total. The molecule has 0 aliphatic heterocycles. The fourth-order valence-electron chi connectivity index (χ4n) is 3.63. The molecule has 1 aliphatic carbocycles. The van der Waals surface area contributed by atoms with Gasteiger partial charge in [-0.15, -0.1) is 0 Å². The molecular weight excluding hydrogens is 358 g/mol. The summed E-state index contributed by atoms with van der Waals surface area (Å²) in [5.74, 6) is 0. The first-order valence-corrected chi connectivity index (χ1v) is 9.93. The summed E-state index contributed by atoms with van der Waals surface area (Å²) >= 11 is 6.16. The zero-order chi connectivity index (χ0) is 19.1. The molecule has 0 atom stereocenters. The molecule has 0 heterocycles. The monoisotopic (exact) mass is 383 g/mol. The molecule has 0 unspecified atom stereocenters. The average molecular weight is 384 g/mol. The Balaban J connectivity index is 1.67. The number of aliphatic hydroxyl groups excluding tert-OH is 1. The van der Waals surface area contributed by atoms with Gasteiger partial charge in [-0.1, -0.05) is 29.8 Å². The van der Waals surface area contributed by atoms with Gasteiger partial charge in [-0.3, -0.25) is 0 Å². The molecule has 3 rings (SSSR count). The van der Waals surface area contributed by atoms with E-state index in [1.807, 2.05) is 24.3 Å². The zero-order valence-corrected chi connectivity index (χ0v) is 16.2. The molecule has 2 aromatic rings. The van der Waals surface area contributed by atoms with Crippen LogP contribution in [0.5, 0.6) is 0 Å². The number of para-hydroxylation sites is 1. The summed E-state index contributed by atoms with van der Waals surface area (Å²) in [7, 11) is 0. The number of halogens is 1. The van der Waals surface area contributed by atoms with E-state index in [9.17, 15) is 10.4 Å². The largest absolute Gasteiger partial charge is 0.393 e. The van der Waals surface area contributed by atoms with Gasteiger partial charge in [-0.25, -0.2) is 0 Å². The predicted octanol–water partition coefficient (Wildman–Crippen LogP) is 4.11. The molecule has 1 fully saturated rings. The summed E-state index contributed by atoms with van der Waals surface area (Å²) in [5.41, 5.74) is 2.73. The Morgan fingerprint density at radius 2 is 1.85 bits per heavy atom. The highest BCUT2D eigenvalue weighted by atomic mass is 35.5. The minimum absolute atomic E-state index is 0.129. The first kappa shape index (κ1) is 19.7. The van der Waals surface area contributed by atoms with Crippen molar-refractivity contribution in [3.63, 3.8) is 0 Å². The van der Waals surface area contributed by atoms with Gasteiger partial charge in [0.05, 0.1) is 17.7 Å². The number of hydrogen-bond donors (Lipinski definition) is 2. The van der Waals surface area contributed by atoms with E-state index >= 15 is 0 Å². The van der Waals surface area contributed by atoms with Crippen molar-refractivity contribution in [2.24, 2.45) is 0 Å². The molecule has 2 N–H and O–H groups in total. The standard InChI is InChI=1S/C22H26ClN3O/c23-19-7-6-17(15-24)18(14-19)16-26(21-4-2-1-3-5-21)13-12-25-20-8-10-22(27)11-9-20/h1-7,14,20,22,25,27H,8-13,16H2. The van der Waals surface area contributed by atoms with E-state index in [1.54, 1.807) is 12.1 Å². The van der Waals surface area contributed by atoms with Crippen molar-refractivity contribution in [3.8, 4) is 6.07 Å². The van der Waals surface area contributed by atoms with Crippen LogP contribution < -0.4 is 10.2 Å². The van der Waals surface area contributed by atoms with Crippen LogP contribution in [0.2, 0.25) is 5.02 Å². The van der Waals surface area contributed by atoms with Crippen LogP contribution in [0.3, 0.4) is 0 Å². The van der Waals surface area contributed by atoms with Crippen LogP contribution in [-0.4, -0.2) is 30.3 Å². The van der Waals surface area contributed by atoms with Crippen LogP contribution in [0.15, 0.2) is 48.5 Å². The van der Waals surface area contributed by atoms with Crippen LogP contribution in [0, 0.1) is 11.3 Å². The molecule has 0 amide bonds. The van der Waals surface area contributed by atoms with Crippen LogP contribution in [-0.2, 0) is 6.54 Å². The van der Waals surface area contributed by atoms with Gasteiger partial charge in [0.1, 0.15) is 0 Å². The molecule has 0 radical (unpaired) electrons. The lowest BCUT2D eigenvalue weighted by Gasteiger charge is -2.29. The molecule has 27 heavy (non-hydrogen) atoms. The predicted molar refractivity (Wildman–Crippen MR) is 110 cm³/mol. The van der Waals surface area contributed by atoms with Crippen LogP contribution >= 0.6 is 11.6 Å². The van der Waals surface area contributed by atoms with Crippen LogP contribution in [0.25, 0.3) is 0 Å². The summed E-state index contributed by atoms with van der Waals surface area (Å²) in [6, 6.07) is 18.4. The smallest absolute Gasteiger partial charge is 0.0995 e. The third-order valence-electron chi connectivity index (χ3n) is 5.18. The topological polar surface area (TPSA) is 59.3 Å². The van der Waals surface area contributed by atoms with Gasteiger partial charge in [-0.2, -0.15) is 5.26 Å². The second kappa shape index (κ2) is 9.75. The van der Waals surface area contributed by atoms with Crippen molar-refractivity contribution >= 4 is 17.3 Å². The molecule has 2 aromatic carbocycles. The third kappa shape index (κ3) is 5.71. The van der Waals surface area contributed by atoms with Crippen LogP contribution in [0.4, 0.5) is 5.69 Å². The Bertz CT molecular complexity index is 767. The molecule has 1 aliphatic rings. The lowest BCUT2D eigenvalue weighted by Crippen LogP contribution is -2.39. The molecule has 0 aromatic heterocycles. The zero-order valence-electron chi connectivity index (χ0n) is 15.4. The van der Waals surface area contributed by atoms with E-state index in [4.69, 9.17) is 11.6 Å². The summed E-state index contributed by atoms with van der Waals surface area (Å²) in [6.45, 7) is 2.33. The fraction of sp³-hybridized carbons (Fsp3) is 0.409. The van der Waals surface area contributed by atoms with Gasteiger partial charge in [0.25, 0.3) is 0 Å². The van der Waals surface area contributed by atoms with E-state index < -0.39 is 0 Å². The van der Waals surface area contributed by atoms with Gasteiger partial charge >= 0.3 is 0 Å². The van der Waals surface area contributed by atoms with E-state index in [-0.39, 0.29) is 6.10 Å². The van der Waals surface area contributed by atoms with E-state index in [0.29, 0.717) is 23.2 Å². The summed E-state index contributed by atoms with van der Waals surface area (Å²) in [4.78, 5) is 2.27. The summed E-state index contributed by atoms with van der Waals surface area (Å²) < 4.78 is 0. The third-order valence-corrected chi connectivity index (χ3v) is 5.42. The number of nitrogens with zero attached hydrogens (tertiary/aromatic N) is 2. The minimum Gasteiger partial charge on any atom is -0.393 e. The highest BCUT2D eigenvalue weighted by Gasteiger charge is 2.19. The number of nitrogens with one attached hydrogen (secondary N) is 1. The number of hydrogen-bond acceptors (Lipinski definition) is 4. The van der Waals surface area contributed by atoms with Gasteiger partial charge in [0.2, 0.25) is 0 Å². The molecule has 5 heteroatoms. The maximum absolute atomic E-state index is 9.65. The average Bonchev–Trinajstić information content (AvgIpc) is 2.69. The number of nitriles is 1. The molecule has 0 bridgehead atoms. The first-order chi connectivity index (χ1) is 13.2. The number of aliphatic hydroxyl groups is 1. The molecular formula is C22H26ClN3O. The Morgan fingerprint density at radius 3 is 2.56 bits per heavy atom. The minimum atomic E-state index is -0.129. The highest BCUT2D eigenvalue weighted by Crippen LogP contribution is 2.22. The van der Waals surface area contributed by atoms with Crippen LogP contribution in [0.1, 0.15) is 36.8 Å². The maximum Gasteiger partial charge on any atom is 0.0995 e. The normalized spacial score (nSPS) is 19.4. The second-order valence-electron chi connectivity index (χ2n) is 7.13. The number of benzene rings is 2. The SMILES string of the molecule is N#Cc1ccc(Cl)cc1CN(CCNC1CCC(O)CC1)c1ccccc1. The van der Waals surface area contributed by atoms with Crippen molar-refractivity contribution in [1.29, 1.82) is 5.26 Å².